The molecule has 0 aromatic rings. The van der Waals surface area contributed by atoms with Crippen molar-refractivity contribution >= 4 is 0 Å². The lowest BCUT2D eigenvalue weighted by molar-refractivity contribution is 0.0583. The predicted molar refractivity (Wildman–Crippen MR) is 62.9 cm³/mol. The van der Waals surface area contributed by atoms with Crippen molar-refractivity contribution in [2.75, 3.05) is 20.3 Å². The predicted octanol–water partition coefficient (Wildman–Crippen LogP) is 2.50. The monoisotopic (exact) mass is 209 g/mol. The van der Waals surface area contributed by atoms with Gasteiger partial charge in [0.2, 0.25) is 0 Å². The summed E-state index contributed by atoms with van der Waals surface area (Å²) in [5, 5.41) is 3.52. The van der Waals surface area contributed by atoms with Crippen LogP contribution in [-0.2, 0) is 4.74 Å². The van der Waals surface area contributed by atoms with Gasteiger partial charge >= 0.3 is 0 Å². The minimum Gasteiger partial charge on any atom is -0.381 e. The Labute approximate surface area is 93.1 Å². The van der Waals surface area contributed by atoms with Crippen LogP contribution in [0.1, 0.15) is 38.5 Å². The molecular formula is C13H23NO. The Morgan fingerprint density at radius 2 is 2.13 bits per heavy atom. The Morgan fingerprint density at radius 3 is 2.73 bits per heavy atom. The molecule has 2 aliphatic rings. The first-order chi connectivity index (χ1) is 7.42. The van der Waals surface area contributed by atoms with Crippen LogP contribution in [0.5, 0.6) is 0 Å². The number of hydrogen-bond donors (Lipinski definition) is 1. The van der Waals surface area contributed by atoms with Crippen LogP contribution >= 0.6 is 0 Å². The first kappa shape index (κ1) is 11.2. The molecule has 1 N–H and O–H groups in total. The summed E-state index contributed by atoms with van der Waals surface area (Å²) in [5.74, 6) is 0.799. The van der Waals surface area contributed by atoms with E-state index in [0.717, 1.165) is 19.1 Å². The summed E-state index contributed by atoms with van der Waals surface area (Å²) in [6.07, 6.45) is 10.3. The highest BCUT2D eigenvalue weighted by Crippen LogP contribution is 2.28. The van der Waals surface area contributed by atoms with Crippen molar-refractivity contribution in [3.8, 4) is 0 Å². The molecule has 15 heavy (non-hydrogen) atoms. The number of allylic oxidation sites excluding steroid dienone is 1. The Morgan fingerprint density at radius 1 is 1.33 bits per heavy atom. The molecule has 86 valence electrons. The summed E-state index contributed by atoms with van der Waals surface area (Å²) in [7, 11) is 2.11. The van der Waals surface area contributed by atoms with Crippen LogP contribution in [0.2, 0.25) is 0 Å². The normalized spacial score (nSPS) is 26.1. The summed E-state index contributed by atoms with van der Waals surface area (Å²) >= 11 is 0. The zero-order chi connectivity index (χ0) is 10.5. The second-order valence-corrected chi connectivity index (χ2v) is 4.74. The summed E-state index contributed by atoms with van der Waals surface area (Å²) < 4.78 is 5.43. The largest absolute Gasteiger partial charge is 0.381 e. The van der Waals surface area contributed by atoms with Crippen molar-refractivity contribution in [3.63, 3.8) is 0 Å². The highest BCUT2D eigenvalue weighted by molar-refractivity contribution is 5.14. The summed E-state index contributed by atoms with van der Waals surface area (Å²) in [5.41, 5.74) is 1.66. The van der Waals surface area contributed by atoms with Gasteiger partial charge in [0.15, 0.2) is 0 Å². The summed E-state index contributed by atoms with van der Waals surface area (Å²) in [6, 6.07) is 0.620. The van der Waals surface area contributed by atoms with Crippen LogP contribution in [0.4, 0.5) is 0 Å². The SMILES string of the molecule is CNC(C1=CCCCC1)C1CCOCC1. The van der Waals surface area contributed by atoms with Crippen LogP contribution < -0.4 is 5.32 Å². The van der Waals surface area contributed by atoms with Crippen LogP contribution in [0.25, 0.3) is 0 Å². The first-order valence-corrected chi connectivity index (χ1v) is 6.36. The fourth-order valence-electron chi connectivity index (χ4n) is 2.92. The topological polar surface area (TPSA) is 21.3 Å². The highest BCUT2D eigenvalue weighted by Gasteiger charge is 2.25. The molecule has 1 unspecified atom stereocenters. The number of hydrogen-bond acceptors (Lipinski definition) is 2. The van der Waals surface area contributed by atoms with Gasteiger partial charge in [-0.3, -0.25) is 0 Å². The molecular weight excluding hydrogens is 186 g/mol. The van der Waals surface area contributed by atoms with E-state index in [1.807, 2.05) is 0 Å². The third-order valence-electron chi connectivity index (χ3n) is 3.77. The van der Waals surface area contributed by atoms with Crippen LogP contribution in [0.3, 0.4) is 0 Å². The maximum Gasteiger partial charge on any atom is 0.0469 e. The fourth-order valence-corrected chi connectivity index (χ4v) is 2.92. The van der Waals surface area contributed by atoms with Crippen molar-refractivity contribution in [1.82, 2.24) is 5.32 Å². The third kappa shape index (κ3) is 2.82. The lowest BCUT2D eigenvalue weighted by Gasteiger charge is -2.33. The van der Waals surface area contributed by atoms with Gasteiger partial charge in [-0.25, -0.2) is 0 Å². The van der Waals surface area contributed by atoms with Gasteiger partial charge in [-0.2, -0.15) is 0 Å². The molecule has 1 aliphatic carbocycles. The maximum atomic E-state index is 5.43. The Balaban J connectivity index is 1.98. The van der Waals surface area contributed by atoms with E-state index in [-0.39, 0.29) is 0 Å². The van der Waals surface area contributed by atoms with E-state index >= 15 is 0 Å². The van der Waals surface area contributed by atoms with Gasteiger partial charge in [0.25, 0.3) is 0 Å². The quantitative estimate of drug-likeness (QED) is 0.721. The molecule has 1 aliphatic heterocycles. The third-order valence-corrected chi connectivity index (χ3v) is 3.77. The van der Waals surface area contributed by atoms with Gasteiger partial charge in [0, 0.05) is 19.3 Å². The van der Waals surface area contributed by atoms with Crippen molar-refractivity contribution in [2.45, 2.75) is 44.6 Å². The van der Waals surface area contributed by atoms with Crippen LogP contribution in [0.15, 0.2) is 11.6 Å². The Bertz CT molecular complexity index is 219. The molecule has 1 saturated heterocycles. The van der Waals surface area contributed by atoms with Gasteiger partial charge in [-0.15, -0.1) is 0 Å². The lowest BCUT2D eigenvalue weighted by Crippen LogP contribution is -2.38. The first-order valence-electron chi connectivity index (χ1n) is 6.36. The van der Waals surface area contributed by atoms with E-state index in [1.54, 1.807) is 5.57 Å². The number of rotatable bonds is 3. The Hall–Kier alpha value is -0.340. The van der Waals surface area contributed by atoms with E-state index in [2.05, 4.69) is 18.4 Å². The molecule has 0 spiro atoms. The van der Waals surface area contributed by atoms with Crippen molar-refractivity contribution in [2.24, 2.45) is 5.92 Å². The molecule has 0 radical (unpaired) electrons. The zero-order valence-electron chi connectivity index (χ0n) is 9.80. The second kappa shape index (κ2) is 5.66. The smallest absolute Gasteiger partial charge is 0.0469 e. The number of ether oxygens (including phenoxy) is 1. The zero-order valence-corrected chi connectivity index (χ0v) is 9.80. The van der Waals surface area contributed by atoms with Crippen molar-refractivity contribution < 1.29 is 4.74 Å². The molecule has 1 heterocycles. The molecule has 0 bridgehead atoms. The average molecular weight is 209 g/mol. The molecule has 0 amide bonds. The fraction of sp³-hybridized carbons (Fsp3) is 0.846. The lowest BCUT2D eigenvalue weighted by atomic mass is 9.83. The standard InChI is InChI=1S/C13H23NO/c1-14-13(11-5-3-2-4-6-11)12-7-9-15-10-8-12/h5,12-14H,2-4,6-10H2,1H3. The van der Waals surface area contributed by atoms with Gasteiger partial charge in [0.05, 0.1) is 0 Å². The molecule has 1 fully saturated rings. The molecule has 2 heteroatoms. The maximum absolute atomic E-state index is 5.43. The molecule has 1 atom stereocenters. The summed E-state index contributed by atoms with van der Waals surface area (Å²) in [6.45, 7) is 1.91. The van der Waals surface area contributed by atoms with Gasteiger partial charge in [0.1, 0.15) is 0 Å². The number of likely N-dealkylation sites (N-methyl/N-ethyl adjacent to an activating group) is 1. The van der Waals surface area contributed by atoms with E-state index in [1.165, 1.54) is 38.5 Å². The molecule has 2 rings (SSSR count). The van der Waals surface area contributed by atoms with Gasteiger partial charge < -0.3 is 10.1 Å². The molecule has 0 aromatic heterocycles. The minimum atomic E-state index is 0.620. The van der Waals surface area contributed by atoms with Crippen molar-refractivity contribution in [1.29, 1.82) is 0 Å². The molecule has 0 aromatic carbocycles. The Kier molecular flexibility index (Phi) is 4.21. The van der Waals surface area contributed by atoms with E-state index in [0.29, 0.717) is 6.04 Å². The molecule has 0 saturated carbocycles. The average Bonchev–Trinajstić information content (AvgIpc) is 2.33. The highest BCUT2D eigenvalue weighted by atomic mass is 16.5. The minimum absolute atomic E-state index is 0.620. The molecule has 2 nitrogen and oxygen atoms in total. The number of nitrogens with one attached hydrogen (secondary N) is 1. The summed E-state index contributed by atoms with van der Waals surface area (Å²) in [4.78, 5) is 0. The van der Waals surface area contributed by atoms with Crippen LogP contribution in [0, 0.1) is 5.92 Å². The van der Waals surface area contributed by atoms with E-state index in [4.69, 9.17) is 4.74 Å². The van der Waals surface area contributed by atoms with Gasteiger partial charge in [-0.1, -0.05) is 11.6 Å². The van der Waals surface area contributed by atoms with Gasteiger partial charge in [-0.05, 0) is 51.5 Å². The van der Waals surface area contributed by atoms with E-state index in [9.17, 15) is 0 Å². The second-order valence-electron chi connectivity index (χ2n) is 4.74. The van der Waals surface area contributed by atoms with E-state index < -0.39 is 0 Å². The van der Waals surface area contributed by atoms with Crippen LogP contribution in [-0.4, -0.2) is 26.3 Å². The van der Waals surface area contributed by atoms with Crippen molar-refractivity contribution in [3.05, 3.63) is 11.6 Å².